The fourth-order valence-electron chi connectivity index (χ4n) is 1.40. The summed E-state index contributed by atoms with van der Waals surface area (Å²) in [6, 6.07) is 6.03. The summed E-state index contributed by atoms with van der Waals surface area (Å²) in [6.45, 7) is 6.28. The average Bonchev–Trinajstić information content (AvgIpc) is 2.08. The van der Waals surface area contributed by atoms with Crippen LogP contribution in [0.15, 0.2) is 22.7 Å². The van der Waals surface area contributed by atoms with Gasteiger partial charge in [-0.05, 0) is 36.5 Å². The summed E-state index contributed by atoms with van der Waals surface area (Å²) < 4.78 is 1.07. The molecule has 1 unspecified atom stereocenters. The Balaban J connectivity index is 2.80. The molecule has 1 aromatic carbocycles. The number of aliphatic hydroxyl groups excluding tert-OH is 1. The molecule has 1 atom stereocenters. The predicted molar refractivity (Wildman–Crippen MR) is 63.3 cm³/mol. The fraction of sp³-hybridized carbons (Fsp3) is 0.500. The molecule has 1 nitrogen and oxygen atoms in total. The van der Waals surface area contributed by atoms with Gasteiger partial charge in [-0.25, -0.2) is 0 Å². The Morgan fingerprint density at radius 3 is 2.50 bits per heavy atom. The molecule has 0 aliphatic heterocycles. The molecule has 0 radical (unpaired) electrons. The summed E-state index contributed by atoms with van der Waals surface area (Å²) in [4.78, 5) is 0. The summed E-state index contributed by atoms with van der Waals surface area (Å²) in [5.74, 6) is 0.519. The maximum Gasteiger partial charge on any atom is 0.0792 e. The first-order valence-corrected chi connectivity index (χ1v) is 5.74. The van der Waals surface area contributed by atoms with Gasteiger partial charge in [0.15, 0.2) is 0 Å². The van der Waals surface area contributed by atoms with Crippen molar-refractivity contribution in [2.45, 2.75) is 33.3 Å². The van der Waals surface area contributed by atoms with Gasteiger partial charge in [0.1, 0.15) is 0 Å². The van der Waals surface area contributed by atoms with E-state index in [1.807, 2.05) is 25.1 Å². The van der Waals surface area contributed by atoms with Crippen LogP contribution in [0.25, 0.3) is 0 Å². The lowest BCUT2D eigenvalue weighted by atomic mass is 9.99. The molecule has 1 aromatic rings. The predicted octanol–water partition coefficient (Wildman–Crippen LogP) is 3.84. The van der Waals surface area contributed by atoms with Crippen LogP contribution in [0.3, 0.4) is 0 Å². The molecule has 1 N–H and O–H groups in total. The first kappa shape index (κ1) is 11.7. The number of hydrogen-bond donors (Lipinski definition) is 1. The fourth-order valence-corrected chi connectivity index (χ4v) is 1.80. The van der Waals surface area contributed by atoms with E-state index in [0.29, 0.717) is 5.92 Å². The van der Waals surface area contributed by atoms with Crippen molar-refractivity contribution in [3.05, 3.63) is 33.8 Å². The van der Waals surface area contributed by atoms with Gasteiger partial charge in [0, 0.05) is 4.47 Å². The first-order chi connectivity index (χ1) is 6.50. The molecular formula is C12H17BrO. The van der Waals surface area contributed by atoms with E-state index in [2.05, 4.69) is 29.8 Å². The maximum absolute atomic E-state index is 9.89. The minimum atomic E-state index is -0.341. The Morgan fingerprint density at radius 2 is 2.00 bits per heavy atom. The third-order valence-corrected chi connectivity index (χ3v) is 3.13. The van der Waals surface area contributed by atoms with Crippen molar-refractivity contribution in [2.75, 3.05) is 0 Å². The van der Waals surface area contributed by atoms with Gasteiger partial charge in [-0.1, -0.05) is 41.9 Å². The smallest absolute Gasteiger partial charge is 0.0792 e. The van der Waals surface area contributed by atoms with Crippen LogP contribution in [0.2, 0.25) is 0 Å². The second-order valence-electron chi connectivity index (χ2n) is 4.15. The van der Waals surface area contributed by atoms with Crippen LogP contribution in [0.4, 0.5) is 0 Å². The molecule has 0 bridgehead atoms. The highest BCUT2D eigenvalue weighted by molar-refractivity contribution is 9.10. The van der Waals surface area contributed by atoms with Crippen LogP contribution >= 0.6 is 15.9 Å². The lowest BCUT2D eigenvalue weighted by molar-refractivity contribution is 0.151. The highest BCUT2D eigenvalue weighted by Crippen LogP contribution is 2.25. The van der Waals surface area contributed by atoms with E-state index in [-0.39, 0.29) is 6.10 Å². The third kappa shape index (κ3) is 3.10. The summed E-state index contributed by atoms with van der Waals surface area (Å²) in [6.07, 6.45) is 0.474. The van der Waals surface area contributed by atoms with Crippen LogP contribution in [-0.2, 0) is 0 Å². The van der Waals surface area contributed by atoms with Crippen LogP contribution < -0.4 is 0 Å². The number of benzene rings is 1. The van der Waals surface area contributed by atoms with Gasteiger partial charge < -0.3 is 5.11 Å². The van der Waals surface area contributed by atoms with Crippen LogP contribution in [0, 0.1) is 12.8 Å². The highest BCUT2D eigenvalue weighted by atomic mass is 79.9. The minimum Gasteiger partial charge on any atom is -0.388 e. The SMILES string of the molecule is Cc1ccc(C(O)CC(C)C)cc1Br. The second kappa shape index (κ2) is 4.94. The topological polar surface area (TPSA) is 20.2 Å². The Kier molecular flexibility index (Phi) is 4.14. The molecule has 1 rings (SSSR count). The van der Waals surface area contributed by atoms with Crippen molar-refractivity contribution in [1.82, 2.24) is 0 Å². The molecule has 0 heterocycles. The molecule has 0 saturated carbocycles. The third-order valence-electron chi connectivity index (χ3n) is 2.28. The number of rotatable bonds is 3. The average molecular weight is 257 g/mol. The zero-order chi connectivity index (χ0) is 10.7. The van der Waals surface area contributed by atoms with Gasteiger partial charge in [0.05, 0.1) is 6.10 Å². The second-order valence-corrected chi connectivity index (χ2v) is 5.01. The summed E-state index contributed by atoms with van der Waals surface area (Å²) in [7, 11) is 0. The van der Waals surface area contributed by atoms with Gasteiger partial charge in [-0.2, -0.15) is 0 Å². The van der Waals surface area contributed by atoms with Crippen LogP contribution in [-0.4, -0.2) is 5.11 Å². The van der Waals surface area contributed by atoms with E-state index >= 15 is 0 Å². The quantitative estimate of drug-likeness (QED) is 0.872. The van der Waals surface area contributed by atoms with Crippen molar-refractivity contribution < 1.29 is 5.11 Å². The van der Waals surface area contributed by atoms with Crippen molar-refractivity contribution in [2.24, 2.45) is 5.92 Å². The van der Waals surface area contributed by atoms with Gasteiger partial charge in [0.25, 0.3) is 0 Å². The van der Waals surface area contributed by atoms with Crippen molar-refractivity contribution >= 4 is 15.9 Å². The Bertz CT molecular complexity index is 307. The number of aliphatic hydroxyl groups is 1. The maximum atomic E-state index is 9.89. The zero-order valence-corrected chi connectivity index (χ0v) is 10.5. The summed E-state index contributed by atoms with van der Waals surface area (Å²) >= 11 is 3.47. The molecule has 0 spiro atoms. The summed E-state index contributed by atoms with van der Waals surface area (Å²) in [5, 5.41) is 9.89. The number of hydrogen-bond acceptors (Lipinski definition) is 1. The largest absolute Gasteiger partial charge is 0.388 e. The number of halogens is 1. The monoisotopic (exact) mass is 256 g/mol. The van der Waals surface area contributed by atoms with E-state index in [0.717, 1.165) is 16.5 Å². The molecule has 14 heavy (non-hydrogen) atoms. The van der Waals surface area contributed by atoms with Crippen molar-refractivity contribution in [1.29, 1.82) is 0 Å². The van der Waals surface area contributed by atoms with Crippen LogP contribution in [0.1, 0.15) is 37.5 Å². The van der Waals surface area contributed by atoms with E-state index in [1.54, 1.807) is 0 Å². The molecule has 78 valence electrons. The molecule has 2 heteroatoms. The highest BCUT2D eigenvalue weighted by Gasteiger charge is 2.10. The van der Waals surface area contributed by atoms with E-state index in [4.69, 9.17) is 0 Å². The van der Waals surface area contributed by atoms with Crippen molar-refractivity contribution in [3.63, 3.8) is 0 Å². The Morgan fingerprint density at radius 1 is 1.36 bits per heavy atom. The van der Waals surface area contributed by atoms with E-state index in [1.165, 1.54) is 5.56 Å². The lowest BCUT2D eigenvalue weighted by Gasteiger charge is -2.14. The van der Waals surface area contributed by atoms with E-state index in [9.17, 15) is 5.11 Å². The van der Waals surface area contributed by atoms with Crippen LogP contribution in [0.5, 0.6) is 0 Å². The van der Waals surface area contributed by atoms with Gasteiger partial charge in [-0.3, -0.25) is 0 Å². The van der Waals surface area contributed by atoms with E-state index < -0.39 is 0 Å². The molecule has 0 aliphatic carbocycles. The first-order valence-electron chi connectivity index (χ1n) is 4.95. The number of aryl methyl sites for hydroxylation is 1. The van der Waals surface area contributed by atoms with Gasteiger partial charge in [-0.15, -0.1) is 0 Å². The standard InChI is InChI=1S/C12H17BrO/c1-8(2)6-12(14)10-5-4-9(3)11(13)7-10/h4-5,7-8,12,14H,6H2,1-3H3. The van der Waals surface area contributed by atoms with Crippen molar-refractivity contribution in [3.8, 4) is 0 Å². The molecule has 0 aliphatic rings. The molecule has 0 fully saturated rings. The van der Waals surface area contributed by atoms with Gasteiger partial charge >= 0.3 is 0 Å². The summed E-state index contributed by atoms with van der Waals surface area (Å²) in [5.41, 5.74) is 2.20. The van der Waals surface area contributed by atoms with Gasteiger partial charge in [0.2, 0.25) is 0 Å². The lowest BCUT2D eigenvalue weighted by Crippen LogP contribution is -2.01. The normalized spacial score (nSPS) is 13.3. The Labute approximate surface area is 94.3 Å². The Hall–Kier alpha value is -0.340. The molecular weight excluding hydrogens is 240 g/mol. The minimum absolute atomic E-state index is 0.341. The molecule has 0 aromatic heterocycles. The zero-order valence-electron chi connectivity index (χ0n) is 8.92. The molecule has 0 amide bonds. The molecule has 0 saturated heterocycles.